The fraction of sp³-hybridized carbons (Fsp3) is 0.308. The van der Waals surface area contributed by atoms with Gasteiger partial charge in [0.1, 0.15) is 0 Å². The molecule has 0 aliphatic carbocycles. The first kappa shape index (κ1) is 14.7. The van der Waals surface area contributed by atoms with Gasteiger partial charge in [-0.2, -0.15) is 0 Å². The van der Waals surface area contributed by atoms with Crippen LogP contribution in [-0.2, 0) is 0 Å². The van der Waals surface area contributed by atoms with Crippen molar-refractivity contribution >= 4 is 17.8 Å². The van der Waals surface area contributed by atoms with Crippen LogP contribution in [0.1, 0.15) is 51.3 Å². The highest BCUT2D eigenvalue weighted by atomic mass is 16.4. The largest absolute Gasteiger partial charge is 0.478 e. The number of nitrogens with one attached hydrogen (secondary N) is 1. The minimum absolute atomic E-state index is 0.0256. The molecule has 6 nitrogen and oxygen atoms in total. The van der Waals surface area contributed by atoms with Crippen LogP contribution in [0.3, 0.4) is 0 Å². The number of carbonyl (C=O) groups excluding carboxylic acids is 1. The van der Waals surface area contributed by atoms with E-state index in [4.69, 9.17) is 10.2 Å². The summed E-state index contributed by atoms with van der Waals surface area (Å²) in [6, 6.07) is 3.26. The zero-order chi connectivity index (χ0) is 14.6. The summed E-state index contributed by atoms with van der Waals surface area (Å²) in [5, 5.41) is 20.5. The molecule has 1 aromatic rings. The lowest BCUT2D eigenvalue weighted by molar-refractivity contribution is 0.0696. The number of carbonyl (C=O) groups is 3. The Morgan fingerprint density at radius 3 is 1.84 bits per heavy atom. The number of carboxylic acids is 2. The topological polar surface area (TPSA) is 104 Å². The Morgan fingerprint density at radius 2 is 1.47 bits per heavy atom. The summed E-state index contributed by atoms with van der Waals surface area (Å²) in [7, 11) is 0. The van der Waals surface area contributed by atoms with E-state index in [0.717, 1.165) is 24.6 Å². The normalized spacial score (nSPS) is 11.7. The van der Waals surface area contributed by atoms with Crippen molar-refractivity contribution in [3.8, 4) is 0 Å². The summed E-state index contributed by atoms with van der Waals surface area (Å²) in [5.74, 6) is -3.04. The van der Waals surface area contributed by atoms with Crippen molar-refractivity contribution < 1.29 is 24.6 Å². The molecule has 0 bridgehead atoms. The third kappa shape index (κ3) is 3.80. The predicted molar refractivity (Wildman–Crippen MR) is 67.6 cm³/mol. The highest BCUT2D eigenvalue weighted by Gasteiger charge is 2.16. The average Bonchev–Trinajstić information content (AvgIpc) is 2.37. The summed E-state index contributed by atoms with van der Waals surface area (Å²) in [5.41, 5.74) is -0.430. The van der Waals surface area contributed by atoms with Crippen LogP contribution in [0.25, 0.3) is 0 Å². The molecule has 0 saturated heterocycles. The van der Waals surface area contributed by atoms with Crippen LogP contribution in [-0.4, -0.2) is 34.1 Å². The van der Waals surface area contributed by atoms with Gasteiger partial charge >= 0.3 is 11.9 Å². The van der Waals surface area contributed by atoms with Crippen molar-refractivity contribution in [3.05, 3.63) is 34.9 Å². The first-order valence-electron chi connectivity index (χ1n) is 5.77. The number of hydrogen-bond acceptors (Lipinski definition) is 3. The Labute approximate surface area is 110 Å². The van der Waals surface area contributed by atoms with Gasteiger partial charge in [-0.15, -0.1) is 0 Å². The molecule has 3 N–H and O–H groups in total. The molecule has 1 rings (SSSR count). The smallest absolute Gasteiger partial charge is 0.335 e. The number of aromatic carboxylic acids is 2. The van der Waals surface area contributed by atoms with E-state index in [0.29, 0.717) is 0 Å². The quantitative estimate of drug-likeness (QED) is 0.750. The molecule has 0 aromatic heterocycles. The van der Waals surface area contributed by atoms with E-state index >= 15 is 0 Å². The molecule has 102 valence electrons. The van der Waals surface area contributed by atoms with E-state index in [-0.39, 0.29) is 22.7 Å². The van der Waals surface area contributed by atoms with Gasteiger partial charge in [-0.05, 0) is 31.5 Å². The van der Waals surface area contributed by atoms with Crippen LogP contribution in [0.4, 0.5) is 0 Å². The molecule has 1 amide bonds. The summed E-state index contributed by atoms with van der Waals surface area (Å²) in [6.07, 6.45) is 0.718. The SMILES string of the molecule is CCC(C)NC(=O)c1cc(C(=O)O)cc(C(=O)O)c1. The first-order valence-corrected chi connectivity index (χ1v) is 5.77. The van der Waals surface area contributed by atoms with Crippen molar-refractivity contribution in [2.75, 3.05) is 0 Å². The van der Waals surface area contributed by atoms with Gasteiger partial charge in [0.2, 0.25) is 0 Å². The molecule has 19 heavy (non-hydrogen) atoms. The zero-order valence-electron chi connectivity index (χ0n) is 10.6. The average molecular weight is 265 g/mol. The highest BCUT2D eigenvalue weighted by molar-refractivity contribution is 6.01. The minimum Gasteiger partial charge on any atom is -0.478 e. The number of carboxylic acid groups (broad SMARTS) is 2. The number of hydrogen-bond donors (Lipinski definition) is 3. The summed E-state index contributed by atoms with van der Waals surface area (Å²) < 4.78 is 0. The van der Waals surface area contributed by atoms with Gasteiger partial charge in [0, 0.05) is 11.6 Å². The lowest BCUT2D eigenvalue weighted by Gasteiger charge is -2.12. The first-order chi connectivity index (χ1) is 8.85. The van der Waals surface area contributed by atoms with Crippen LogP contribution >= 0.6 is 0 Å². The fourth-order valence-corrected chi connectivity index (χ4v) is 1.41. The van der Waals surface area contributed by atoms with Crippen LogP contribution in [0.5, 0.6) is 0 Å². The predicted octanol–water partition coefficient (Wildman–Crippen LogP) is 1.61. The molecule has 1 atom stereocenters. The van der Waals surface area contributed by atoms with Gasteiger partial charge in [0.25, 0.3) is 5.91 Å². The molecular formula is C13H15NO5. The molecular weight excluding hydrogens is 250 g/mol. The third-order valence-corrected chi connectivity index (χ3v) is 2.68. The molecule has 6 heteroatoms. The fourth-order valence-electron chi connectivity index (χ4n) is 1.41. The van der Waals surface area contributed by atoms with E-state index < -0.39 is 17.8 Å². The Morgan fingerprint density at radius 1 is 1.05 bits per heavy atom. The van der Waals surface area contributed by atoms with Gasteiger partial charge < -0.3 is 15.5 Å². The molecule has 0 radical (unpaired) electrons. The molecule has 0 fully saturated rings. The minimum atomic E-state index is -1.28. The highest BCUT2D eigenvalue weighted by Crippen LogP contribution is 2.11. The molecule has 1 unspecified atom stereocenters. The summed E-state index contributed by atoms with van der Waals surface area (Å²) >= 11 is 0. The summed E-state index contributed by atoms with van der Waals surface area (Å²) in [4.78, 5) is 33.7. The third-order valence-electron chi connectivity index (χ3n) is 2.68. The van der Waals surface area contributed by atoms with Crippen molar-refractivity contribution in [1.29, 1.82) is 0 Å². The zero-order valence-corrected chi connectivity index (χ0v) is 10.6. The lowest BCUT2D eigenvalue weighted by Crippen LogP contribution is -2.32. The number of amides is 1. The molecule has 0 heterocycles. The molecule has 0 saturated carbocycles. The van der Waals surface area contributed by atoms with Gasteiger partial charge in [-0.3, -0.25) is 4.79 Å². The van der Waals surface area contributed by atoms with Crippen molar-refractivity contribution in [1.82, 2.24) is 5.32 Å². The molecule has 0 aliphatic heterocycles. The van der Waals surface area contributed by atoms with Gasteiger partial charge in [0.15, 0.2) is 0 Å². The van der Waals surface area contributed by atoms with Crippen LogP contribution in [0.15, 0.2) is 18.2 Å². The van der Waals surface area contributed by atoms with E-state index in [1.807, 2.05) is 6.92 Å². The van der Waals surface area contributed by atoms with Gasteiger partial charge in [-0.1, -0.05) is 6.92 Å². The maximum Gasteiger partial charge on any atom is 0.335 e. The second kappa shape index (κ2) is 5.99. The maximum atomic E-state index is 11.9. The van der Waals surface area contributed by atoms with E-state index in [1.165, 1.54) is 0 Å². The van der Waals surface area contributed by atoms with Crippen LogP contribution in [0.2, 0.25) is 0 Å². The van der Waals surface area contributed by atoms with E-state index in [9.17, 15) is 14.4 Å². The van der Waals surface area contributed by atoms with Gasteiger partial charge in [-0.25, -0.2) is 9.59 Å². The number of rotatable bonds is 5. The van der Waals surface area contributed by atoms with E-state index in [1.54, 1.807) is 6.92 Å². The second-order valence-corrected chi connectivity index (χ2v) is 4.19. The van der Waals surface area contributed by atoms with Crippen molar-refractivity contribution in [2.45, 2.75) is 26.3 Å². The van der Waals surface area contributed by atoms with Crippen LogP contribution in [0, 0.1) is 0 Å². The molecule has 0 aliphatic rings. The lowest BCUT2D eigenvalue weighted by atomic mass is 10.0. The van der Waals surface area contributed by atoms with Crippen molar-refractivity contribution in [3.63, 3.8) is 0 Å². The Hall–Kier alpha value is -2.37. The Balaban J connectivity index is 3.16. The van der Waals surface area contributed by atoms with E-state index in [2.05, 4.69) is 5.32 Å². The summed E-state index contributed by atoms with van der Waals surface area (Å²) in [6.45, 7) is 3.69. The Kier molecular flexibility index (Phi) is 4.63. The standard InChI is InChI=1S/C13H15NO5/c1-3-7(2)14-11(15)8-4-9(12(16)17)6-10(5-8)13(18)19/h4-7H,3H2,1-2H3,(H,14,15)(H,16,17)(H,18,19). The monoisotopic (exact) mass is 265 g/mol. The van der Waals surface area contributed by atoms with Gasteiger partial charge in [0.05, 0.1) is 11.1 Å². The molecule has 1 aromatic carbocycles. The second-order valence-electron chi connectivity index (χ2n) is 4.19. The van der Waals surface area contributed by atoms with Crippen LogP contribution < -0.4 is 5.32 Å². The number of benzene rings is 1. The Bertz CT molecular complexity index is 492. The molecule has 0 spiro atoms. The maximum absolute atomic E-state index is 11.9. The van der Waals surface area contributed by atoms with Crippen molar-refractivity contribution in [2.24, 2.45) is 0 Å².